The first-order valence-electron chi connectivity index (χ1n) is 6.79. The fraction of sp³-hybridized carbons (Fsp3) is 0.400. The number of nitrogens with zero attached hydrogens (tertiary/aromatic N) is 2. The first kappa shape index (κ1) is 12.2. The molecule has 100 valence electrons. The third-order valence-corrected chi connectivity index (χ3v) is 3.44. The Morgan fingerprint density at radius 3 is 3.21 bits per heavy atom. The summed E-state index contributed by atoms with van der Waals surface area (Å²) in [6, 6.07) is 8.76. The lowest BCUT2D eigenvalue weighted by molar-refractivity contribution is 0.277. The van der Waals surface area contributed by atoms with E-state index in [1.54, 1.807) is 6.20 Å². The number of benzene rings is 1. The third kappa shape index (κ3) is 2.96. The molecule has 0 bridgehead atoms. The molecule has 1 aliphatic rings. The van der Waals surface area contributed by atoms with Gasteiger partial charge in [0.1, 0.15) is 6.61 Å². The van der Waals surface area contributed by atoms with Gasteiger partial charge in [-0.3, -0.25) is 0 Å². The molecule has 1 saturated heterocycles. The van der Waals surface area contributed by atoms with Gasteiger partial charge in [0, 0.05) is 6.04 Å². The molecule has 0 amide bonds. The Hall–Kier alpha value is -1.81. The van der Waals surface area contributed by atoms with Gasteiger partial charge < -0.3 is 10.1 Å². The van der Waals surface area contributed by atoms with Crippen LogP contribution < -0.4 is 10.1 Å². The largest absolute Gasteiger partial charge is 0.489 e. The molecule has 4 heteroatoms. The summed E-state index contributed by atoms with van der Waals surface area (Å²) in [6.45, 7) is 3.91. The van der Waals surface area contributed by atoms with Crippen LogP contribution in [0.3, 0.4) is 0 Å². The highest BCUT2D eigenvalue weighted by molar-refractivity contribution is 5.35. The van der Waals surface area contributed by atoms with E-state index in [2.05, 4.69) is 29.5 Å². The van der Waals surface area contributed by atoms with E-state index < -0.39 is 0 Å². The van der Waals surface area contributed by atoms with Gasteiger partial charge in [0.2, 0.25) is 0 Å². The minimum atomic E-state index is 0.488. The number of nitrogens with one attached hydrogen (secondary N) is 1. The second-order valence-corrected chi connectivity index (χ2v) is 5.06. The molecule has 19 heavy (non-hydrogen) atoms. The van der Waals surface area contributed by atoms with Crippen LogP contribution in [0.1, 0.15) is 18.4 Å². The van der Waals surface area contributed by atoms with E-state index in [9.17, 15) is 0 Å². The Kier molecular flexibility index (Phi) is 3.51. The summed E-state index contributed by atoms with van der Waals surface area (Å²) >= 11 is 0. The van der Waals surface area contributed by atoms with Crippen molar-refractivity contribution < 1.29 is 4.74 Å². The maximum atomic E-state index is 5.78. The molecule has 1 aromatic heterocycles. The van der Waals surface area contributed by atoms with Gasteiger partial charge in [-0.15, -0.1) is 0 Å². The van der Waals surface area contributed by atoms with Crippen LogP contribution in [0.5, 0.6) is 5.75 Å². The highest BCUT2D eigenvalue weighted by Gasteiger charge is 2.14. The average molecular weight is 257 g/mol. The molecular weight excluding hydrogens is 238 g/mol. The maximum Gasteiger partial charge on any atom is 0.157 e. The Labute approximate surface area is 113 Å². The molecule has 0 spiro atoms. The minimum Gasteiger partial charge on any atom is -0.489 e. The van der Waals surface area contributed by atoms with Gasteiger partial charge in [0.25, 0.3) is 0 Å². The quantitative estimate of drug-likeness (QED) is 0.913. The maximum absolute atomic E-state index is 5.78. The van der Waals surface area contributed by atoms with Crippen molar-refractivity contribution >= 4 is 0 Å². The predicted octanol–water partition coefficient (Wildman–Crippen LogP) is 2.31. The fourth-order valence-corrected chi connectivity index (χ4v) is 2.39. The van der Waals surface area contributed by atoms with Crippen LogP contribution in [0.25, 0.3) is 5.69 Å². The monoisotopic (exact) mass is 257 g/mol. The second-order valence-electron chi connectivity index (χ2n) is 5.06. The molecule has 0 aliphatic carbocycles. The molecule has 1 atom stereocenters. The minimum absolute atomic E-state index is 0.488. The van der Waals surface area contributed by atoms with Crippen molar-refractivity contribution in [1.29, 1.82) is 0 Å². The molecule has 3 rings (SSSR count). The van der Waals surface area contributed by atoms with Gasteiger partial charge in [-0.25, -0.2) is 4.68 Å². The smallest absolute Gasteiger partial charge is 0.157 e. The summed E-state index contributed by atoms with van der Waals surface area (Å²) in [5.74, 6) is 0.829. The Bertz CT molecular complexity index is 544. The lowest BCUT2D eigenvalue weighted by Gasteiger charge is -2.10. The summed E-state index contributed by atoms with van der Waals surface area (Å²) in [7, 11) is 0. The van der Waals surface area contributed by atoms with Crippen LogP contribution in [0.2, 0.25) is 0 Å². The normalized spacial score (nSPS) is 18.7. The zero-order valence-electron chi connectivity index (χ0n) is 11.2. The lowest BCUT2D eigenvalue weighted by Crippen LogP contribution is -2.28. The van der Waals surface area contributed by atoms with Crippen molar-refractivity contribution in [3.63, 3.8) is 0 Å². The highest BCUT2D eigenvalue weighted by atomic mass is 16.5. The number of aryl methyl sites for hydroxylation is 1. The average Bonchev–Trinajstić information content (AvgIpc) is 3.08. The number of ether oxygens (including phenoxy) is 1. The molecule has 4 nitrogen and oxygen atoms in total. The number of hydrogen-bond acceptors (Lipinski definition) is 3. The van der Waals surface area contributed by atoms with Crippen LogP contribution in [0, 0.1) is 6.92 Å². The van der Waals surface area contributed by atoms with Crippen LogP contribution in [-0.4, -0.2) is 29.0 Å². The van der Waals surface area contributed by atoms with E-state index in [-0.39, 0.29) is 0 Å². The molecule has 1 aromatic carbocycles. The SMILES string of the molecule is Cc1cccc(-n2cc(OCC3CCCN3)cn2)c1. The van der Waals surface area contributed by atoms with Crippen LogP contribution >= 0.6 is 0 Å². The number of aromatic nitrogens is 2. The van der Waals surface area contributed by atoms with E-state index in [1.165, 1.54) is 18.4 Å². The van der Waals surface area contributed by atoms with Crippen molar-refractivity contribution in [2.45, 2.75) is 25.8 Å². The molecule has 0 saturated carbocycles. The summed E-state index contributed by atoms with van der Waals surface area (Å²) < 4.78 is 7.63. The predicted molar refractivity (Wildman–Crippen MR) is 74.8 cm³/mol. The van der Waals surface area contributed by atoms with Crippen LogP contribution in [0.4, 0.5) is 0 Å². The Balaban J connectivity index is 1.65. The van der Waals surface area contributed by atoms with E-state index in [0.717, 1.165) is 24.6 Å². The molecule has 1 fully saturated rings. The number of hydrogen-bond donors (Lipinski definition) is 1. The summed E-state index contributed by atoms with van der Waals surface area (Å²) in [6.07, 6.45) is 6.16. The molecule has 2 heterocycles. The van der Waals surface area contributed by atoms with Gasteiger partial charge in [0.15, 0.2) is 5.75 Å². The van der Waals surface area contributed by atoms with E-state index in [4.69, 9.17) is 4.74 Å². The first-order chi connectivity index (χ1) is 9.31. The Morgan fingerprint density at radius 2 is 2.42 bits per heavy atom. The van der Waals surface area contributed by atoms with Gasteiger partial charge in [-0.1, -0.05) is 12.1 Å². The van der Waals surface area contributed by atoms with Gasteiger partial charge in [0.05, 0.1) is 18.1 Å². The van der Waals surface area contributed by atoms with E-state index >= 15 is 0 Å². The zero-order chi connectivity index (χ0) is 13.1. The second kappa shape index (κ2) is 5.45. The fourth-order valence-electron chi connectivity index (χ4n) is 2.39. The zero-order valence-corrected chi connectivity index (χ0v) is 11.2. The molecule has 1 unspecified atom stereocenters. The molecular formula is C15H19N3O. The molecule has 2 aromatic rings. The van der Waals surface area contributed by atoms with E-state index in [0.29, 0.717) is 6.04 Å². The Morgan fingerprint density at radius 1 is 1.47 bits per heavy atom. The molecule has 1 aliphatic heterocycles. The van der Waals surface area contributed by atoms with Crippen molar-refractivity contribution in [3.8, 4) is 11.4 Å². The summed E-state index contributed by atoms with van der Waals surface area (Å²) in [5, 5.41) is 7.76. The molecule has 0 radical (unpaired) electrons. The van der Waals surface area contributed by atoms with Crippen molar-refractivity contribution in [2.24, 2.45) is 0 Å². The standard InChI is InChI=1S/C15H19N3O/c1-12-4-2-6-14(8-12)18-10-15(9-17-18)19-11-13-5-3-7-16-13/h2,4,6,8-10,13,16H,3,5,7,11H2,1H3. The molecule has 1 N–H and O–H groups in total. The topological polar surface area (TPSA) is 39.1 Å². The van der Waals surface area contributed by atoms with Crippen LogP contribution in [-0.2, 0) is 0 Å². The first-order valence-corrected chi connectivity index (χ1v) is 6.79. The summed E-state index contributed by atoms with van der Waals surface area (Å²) in [5.41, 5.74) is 2.29. The van der Waals surface area contributed by atoms with Gasteiger partial charge >= 0.3 is 0 Å². The highest BCUT2D eigenvalue weighted by Crippen LogP contribution is 2.15. The van der Waals surface area contributed by atoms with E-state index in [1.807, 2.05) is 23.0 Å². The number of rotatable bonds is 4. The van der Waals surface area contributed by atoms with Gasteiger partial charge in [-0.05, 0) is 44.0 Å². The third-order valence-electron chi connectivity index (χ3n) is 3.44. The van der Waals surface area contributed by atoms with Gasteiger partial charge in [-0.2, -0.15) is 5.10 Å². The summed E-state index contributed by atoms with van der Waals surface area (Å²) in [4.78, 5) is 0. The van der Waals surface area contributed by atoms with Crippen LogP contribution in [0.15, 0.2) is 36.7 Å². The lowest BCUT2D eigenvalue weighted by atomic mass is 10.2. The van der Waals surface area contributed by atoms with Crippen molar-refractivity contribution in [3.05, 3.63) is 42.2 Å². The van der Waals surface area contributed by atoms with Crippen molar-refractivity contribution in [1.82, 2.24) is 15.1 Å². The van der Waals surface area contributed by atoms with Crippen molar-refractivity contribution in [2.75, 3.05) is 13.2 Å².